The maximum atomic E-state index is 15.0. The molecule has 0 spiro atoms. The van der Waals surface area contributed by atoms with E-state index in [1.54, 1.807) is 18.2 Å². The van der Waals surface area contributed by atoms with Crippen LogP contribution < -0.4 is 5.43 Å². The van der Waals surface area contributed by atoms with Crippen molar-refractivity contribution in [3.8, 4) is 17.5 Å². The zero-order chi connectivity index (χ0) is 21.9. The maximum Gasteiger partial charge on any atom is 0.199 e. The Balaban J connectivity index is 1.92. The highest BCUT2D eigenvalue weighted by Crippen LogP contribution is 2.38. The summed E-state index contributed by atoms with van der Waals surface area (Å²) in [6, 6.07) is 10.8. The van der Waals surface area contributed by atoms with Gasteiger partial charge in [0.1, 0.15) is 19.5 Å². The van der Waals surface area contributed by atoms with Crippen molar-refractivity contribution in [2.75, 3.05) is 0 Å². The van der Waals surface area contributed by atoms with Gasteiger partial charge < -0.3 is 9.55 Å². The van der Waals surface area contributed by atoms with Crippen LogP contribution in [0.15, 0.2) is 35.1 Å². The Morgan fingerprint density at radius 2 is 1.94 bits per heavy atom. The zero-order valence-corrected chi connectivity index (χ0v) is 18.8. The molecule has 1 aliphatic rings. The van der Waals surface area contributed by atoms with Crippen LogP contribution in [-0.4, -0.2) is 17.6 Å². The summed E-state index contributed by atoms with van der Waals surface area (Å²) in [4.78, 5) is 17.0. The lowest BCUT2D eigenvalue weighted by atomic mass is 9.91. The monoisotopic (exact) mass is 427 g/mol. The minimum absolute atomic E-state index is 0.132. The SMILES string of the molecule is C[Si](C)(C)C#Cc1cc2c(=O)c3c4ccc(C#N)cc4[nH]c3n(C3CCC3)c2cc1F. The van der Waals surface area contributed by atoms with E-state index >= 15 is 4.39 Å². The molecule has 0 saturated heterocycles. The lowest BCUT2D eigenvalue weighted by Gasteiger charge is -2.30. The number of aromatic nitrogens is 2. The fourth-order valence-corrected chi connectivity index (χ4v) is 4.75. The summed E-state index contributed by atoms with van der Waals surface area (Å²) < 4.78 is 17.1. The van der Waals surface area contributed by atoms with Crippen LogP contribution in [0.1, 0.15) is 36.4 Å². The average Bonchev–Trinajstić information content (AvgIpc) is 3.06. The van der Waals surface area contributed by atoms with Crippen molar-refractivity contribution in [3.05, 3.63) is 57.5 Å². The first kappa shape index (κ1) is 19.6. The molecule has 1 fully saturated rings. The van der Waals surface area contributed by atoms with Crippen molar-refractivity contribution in [1.82, 2.24) is 9.55 Å². The Morgan fingerprint density at radius 3 is 2.58 bits per heavy atom. The van der Waals surface area contributed by atoms with Crippen LogP contribution in [0.5, 0.6) is 0 Å². The Bertz CT molecular complexity index is 1550. The van der Waals surface area contributed by atoms with E-state index < -0.39 is 13.9 Å². The fourth-order valence-electron chi connectivity index (χ4n) is 4.24. The number of hydrogen-bond donors (Lipinski definition) is 1. The molecular weight excluding hydrogens is 405 g/mol. The maximum absolute atomic E-state index is 15.0. The Labute approximate surface area is 180 Å². The average molecular weight is 428 g/mol. The number of hydrogen-bond acceptors (Lipinski definition) is 2. The second-order valence-electron chi connectivity index (χ2n) is 9.35. The Kier molecular flexibility index (Phi) is 4.32. The third-order valence-electron chi connectivity index (χ3n) is 5.98. The number of nitrogens with zero attached hydrogens (tertiary/aromatic N) is 2. The molecule has 154 valence electrons. The van der Waals surface area contributed by atoms with E-state index in [0.717, 1.165) is 30.2 Å². The molecule has 1 saturated carbocycles. The first-order valence-corrected chi connectivity index (χ1v) is 14.0. The van der Waals surface area contributed by atoms with Crippen molar-refractivity contribution < 1.29 is 4.39 Å². The summed E-state index contributed by atoms with van der Waals surface area (Å²) in [6.45, 7) is 6.31. The molecule has 6 heteroatoms. The number of nitrogens with one attached hydrogen (secondary N) is 1. The highest BCUT2D eigenvalue weighted by Gasteiger charge is 2.26. The standard InChI is InChI=1S/C25H22FN3OSi/c1-31(2,3)10-9-16-12-19-22(13-20(16)26)29(17-5-4-6-17)25-23(24(19)30)18-8-7-15(14-27)11-21(18)28-25/h7-8,11-13,17,28H,4-6H2,1-3H3. The van der Waals surface area contributed by atoms with Crippen molar-refractivity contribution in [3.63, 3.8) is 0 Å². The van der Waals surface area contributed by atoms with Crippen molar-refractivity contribution in [2.24, 2.45) is 0 Å². The molecule has 1 N–H and O–H groups in total. The summed E-state index contributed by atoms with van der Waals surface area (Å²) in [5.74, 6) is 2.59. The Hall–Kier alpha value is -3.35. The van der Waals surface area contributed by atoms with Crippen LogP contribution in [0.2, 0.25) is 19.6 Å². The first-order valence-electron chi connectivity index (χ1n) is 10.5. The van der Waals surface area contributed by atoms with Crippen LogP contribution in [0.3, 0.4) is 0 Å². The normalized spacial score (nSPS) is 14.4. The van der Waals surface area contributed by atoms with Crippen LogP contribution in [0.4, 0.5) is 4.39 Å². The molecule has 2 heterocycles. The number of benzene rings is 2. The summed E-state index contributed by atoms with van der Waals surface area (Å²) in [7, 11) is -1.69. The zero-order valence-electron chi connectivity index (χ0n) is 17.8. The van der Waals surface area contributed by atoms with E-state index in [2.05, 4.69) is 46.7 Å². The van der Waals surface area contributed by atoms with Gasteiger partial charge in [0.15, 0.2) is 5.43 Å². The van der Waals surface area contributed by atoms with Gasteiger partial charge in [-0.25, -0.2) is 4.39 Å². The summed E-state index contributed by atoms with van der Waals surface area (Å²) in [5.41, 5.74) is 5.92. The van der Waals surface area contributed by atoms with E-state index in [0.29, 0.717) is 27.5 Å². The van der Waals surface area contributed by atoms with E-state index in [1.807, 2.05) is 6.07 Å². The minimum atomic E-state index is -1.69. The van der Waals surface area contributed by atoms with Crippen molar-refractivity contribution in [2.45, 2.75) is 44.9 Å². The predicted molar refractivity (Wildman–Crippen MR) is 125 cm³/mol. The number of H-pyrrole nitrogens is 1. The predicted octanol–water partition coefficient (Wildman–Crippen LogP) is 5.60. The second kappa shape index (κ2) is 6.83. The minimum Gasteiger partial charge on any atom is -0.340 e. The summed E-state index contributed by atoms with van der Waals surface area (Å²) in [6.07, 6.45) is 3.09. The van der Waals surface area contributed by atoms with Gasteiger partial charge in [-0.05, 0) is 43.5 Å². The number of pyridine rings is 1. The molecule has 31 heavy (non-hydrogen) atoms. The van der Waals surface area contributed by atoms with E-state index in [-0.39, 0.29) is 17.0 Å². The molecule has 0 amide bonds. The van der Waals surface area contributed by atoms with Crippen LogP contribution >= 0.6 is 0 Å². The molecule has 0 radical (unpaired) electrons. The largest absolute Gasteiger partial charge is 0.340 e. The van der Waals surface area contributed by atoms with Crippen LogP contribution in [0, 0.1) is 28.6 Å². The number of fused-ring (bicyclic) bond motifs is 4. The summed E-state index contributed by atoms with van der Waals surface area (Å²) in [5, 5.41) is 11.1. The van der Waals surface area contributed by atoms with Gasteiger partial charge in [0.2, 0.25) is 0 Å². The van der Waals surface area contributed by atoms with Gasteiger partial charge in [-0.3, -0.25) is 4.79 Å². The molecular formula is C25H22FN3OSi. The van der Waals surface area contributed by atoms with E-state index in [1.165, 1.54) is 6.07 Å². The van der Waals surface area contributed by atoms with E-state index in [4.69, 9.17) is 0 Å². The topological polar surface area (TPSA) is 61.6 Å². The van der Waals surface area contributed by atoms with Gasteiger partial charge >= 0.3 is 0 Å². The van der Waals surface area contributed by atoms with E-state index in [9.17, 15) is 10.1 Å². The van der Waals surface area contributed by atoms with Gasteiger partial charge in [0, 0.05) is 22.3 Å². The molecule has 1 aliphatic carbocycles. The quantitative estimate of drug-likeness (QED) is 0.317. The summed E-state index contributed by atoms with van der Waals surface area (Å²) >= 11 is 0. The van der Waals surface area contributed by atoms with Crippen LogP contribution in [0.25, 0.3) is 32.8 Å². The number of halogens is 1. The van der Waals surface area contributed by atoms with Gasteiger partial charge in [-0.2, -0.15) is 5.26 Å². The van der Waals surface area contributed by atoms with Gasteiger partial charge in [0.05, 0.1) is 28.1 Å². The Morgan fingerprint density at radius 1 is 1.16 bits per heavy atom. The van der Waals surface area contributed by atoms with Gasteiger partial charge in [0.25, 0.3) is 0 Å². The third-order valence-corrected chi connectivity index (χ3v) is 6.85. The first-order chi connectivity index (χ1) is 14.8. The second-order valence-corrected chi connectivity index (χ2v) is 14.1. The third kappa shape index (κ3) is 3.15. The molecule has 4 nitrogen and oxygen atoms in total. The molecule has 5 rings (SSSR count). The molecule has 2 aromatic carbocycles. The smallest absolute Gasteiger partial charge is 0.199 e. The highest BCUT2D eigenvalue weighted by atomic mass is 28.3. The van der Waals surface area contributed by atoms with Crippen molar-refractivity contribution >= 4 is 40.9 Å². The lowest BCUT2D eigenvalue weighted by molar-refractivity contribution is 0.326. The van der Waals surface area contributed by atoms with Crippen LogP contribution in [-0.2, 0) is 0 Å². The highest BCUT2D eigenvalue weighted by molar-refractivity contribution is 6.83. The van der Waals surface area contributed by atoms with Gasteiger partial charge in [-0.15, -0.1) is 5.54 Å². The fraction of sp³-hybridized carbons (Fsp3) is 0.280. The number of nitriles is 1. The van der Waals surface area contributed by atoms with Gasteiger partial charge in [-0.1, -0.05) is 31.6 Å². The number of rotatable bonds is 1. The molecule has 0 bridgehead atoms. The number of aromatic amines is 1. The molecule has 0 atom stereocenters. The van der Waals surface area contributed by atoms with Crippen molar-refractivity contribution in [1.29, 1.82) is 5.26 Å². The molecule has 4 aromatic rings. The molecule has 2 aromatic heterocycles. The molecule has 0 aliphatic heterocycles. The lowest BCUT2D eigenvalue weighted by Crippen LogP contribution is -2.21. The molecule has 0 unspecified atom stereocenters.